The molecule has 0 aromatic rings. The van der Waals surface area contributed by atoms with E-state index in [0.717, 1.165) is 12.8 Å². The Bertz CT molecular complexity index is 132. The van der Waals surface area contributed by atoms with Gasteiger partial charge < -0.3 is 11.1 Å². The molecular formula is C8H18N2O. The number of nitrogens with one attached hydrogen (secondary N) is 1. The molecule has 0 saturated carbocycles. The molecular weight excluding hydrogens is 140 g/mol. The van der Waals surface area contributed by atoms with Gasteiger partial charge in [-0.2, -0.15) is 0 Å². The summed E-state index contributed by atoms with van der Waals surface area (Å²) in [6, 6.07) is 0. The molecule has 0 heterocycles. The first-order chi connectivity index (χ1) is 4.98. The van der Waals surface area contributed by atoms with Crippen molar-refractivity contribution in [3.8, 4) is 0 Å². The van der Waals surface area contributed by atoms with E-state index in [1.165, 1.54) is 0 Å². The summed E-state index contributed by atoms with van der Waals surface area (Å²) in [6.07, 6.45) is 2.17. The molecule has 11 heavy (non-hydrogen) atoms. The van der Waals surface area contributed by atoms with Crippen LogP contribution in [-0.2, 0) is 4.79 Å². The number of amides is 1. The molecule has 0 bridgehead atoms. The lowest BCUT2D eigenvalue weighted by Crippen LogP contribution is -2.43. The van der Waals surface area contributed by atoms with Crippen molar-refractivity contribution >= 4 is 5.91 Å². The van der Waals surface area contributed by atoms with Crippen molar-refractivity contribution in [3.63, 3.8) is 0 Å². The second-order valence-electron chi connectivity index (χ2n) is 3.45. The van der Waals surface area contributed by atoms with Gasteiger partial charge in [0.25, 0.3) is 0 Å². The van der Waals surface area contributed by atoms with Gasteiger partial charge in [0.2, 0.25) is 5.91 Å². The Morgan fingerprint density at radius 3 is 2.45 bits per heavy atom. The highest BCUT2D eigenvalue weighted by Crippen LogP contribution is 2.09. The topological polar surface area (TPSA) is 55.1 Å². The average Bonchev–Trinajstić information content (AvgIpc) is 1.84. The van der Waals surface area contributed by atoms with Crippen molar-refractivity contribution in [2.24, 2.45) is 5.73 Å². The predicted octanol–water partition coefficient (Wildman–Crippen LogP) is 0.640. The number of hydrogen-bond donors (Lipinski definition) is 2. The molecule has 0 unspecified atom stereocenters. The Labute approximate surface area is 68.3 Å². The van der Waals surface area contributed by atoms with E-state index in [0.29, 0.717) is 0 Å². The van der Waals surface area contributed by atoms with Crippen LogP contribution in [0.5, 0.6) is 0 Å². The molecule has 3 N–H and O–H groups in total. The Kier molecular flexibility index (Phi) is 4.11. The summed E-state index contributed by atoms with van der Waals surface area (Å²) in [7, 11) is 0. The third-order valence-electron chi connectivity index (χ3n) is 1.62. The summed E-state index contributed by atoms with van der Waals surface area (Å²) in [5.74, 6) is -0.297. The van der Waals surface area contributed by atoms with Gasteiger partial charge in [-0.1, -0.05) is 13.3 Å². The third kappa shape index (κ3) is 5.85. The lowest BCUT2D eigenvalue weighted by atomic mass is 9.99. The lowest BCUT2D eigenvalue weighted by Gasteiger charge is -2.24. The zero-order valence-corrected chi connectivity index (χ0v) is 7.61. The first kappa shape index (κ1) is 10.4. The number of carbonyl (C=O) groups is 1. The molecule has 1 amide bonds. The van der Waals surface area contributed by atoms with Gasteiger partial charge in [0, 0.05) is 5.54 Å². The number of hydrogen-bond acceptors (Lipinski definition) is 2. The van der Waals surface area contributed by atoms with E-state index in [2.05, 4.69) is 26.1 Å². The molecule has 0 fully saturated rings. The van der Waals surface area contributed by atoms with E-state index >= 15 is 0 Å². The molecule has 3 nitrogen and oxygen atoms in total. The molecule has 0 rings (SSSR count). The fraction of sp³-hybridized carbons (Fsp3) is 0.875. The summed E-state index contributed by atoms with van der Waals surface area (Å²) in [5, 5.41) is 3.08. The second kappa shape index (κ2) is 4.34. The van der Waals surface area contributed by atoms with Gasteiger partial charge in [0.05, 0.1) is 6.54 Å². The van der Waals surface area contributed by atoms with E-state index in [4.69, 9.17) is 5.73 Å². The zero-order chi connectivity index (χ0) is 8.91. The Hall–Kier alpha value is -0.570. The molecule has 0 radical (unpaired) electrons. The molecule has 0 aliphatic rings. The van der Waals surface area contributed by atoms with E-state index in [1.54, 1.807) is 0 Å². The molecule has 0 atom stereocenters. The maximum atomic E-state index is 10.4. The van der Waals surface area contributed by atoms with Crippen LogP contribution in [0.1, 0.15) is 33.6 Å². The van der Waals surface area contributed by atoms with Gasteiger partial charge in [0.15, 0.2) is 0 Å². The van der Waals surface area contributed by atoms with Crippen LogP contribution >= 0.6 is 0 Å². The monoisotopic (exact) mass is 158 g/mol. The highest BCUT2D eigenvalue weighted by Gasteiger charge is 2.15. The lowest BCUT2D eigenvalue weighted by molar-refractivity contribution is -0.117. The SMILES string of the molecule is CCCC(C)(C)NCC(N)=O. The van der Waals surface area contributed by atoms with Gasteiger partial charge in [-0.3, -0.25) is 4.79 Å². The van der Waals surface area contributed by atoms with E-state index in [1.807, 2.05) is 0 Å². The predicted molar refractivity (Wildman–Crippen MR) is 46.2 cm³/mol. The van der Waals surface area contributed by atoms with Crippen molar-refractivity contribution in [2.45, 2.75) is 39.2 Å². The number of primary amides is 1. The smallest absolute Gasteiger partial charge is 0.231 e. The minimum Gasteiger partial charge on any atom is -0.369 e. The maximum absolute atomic E-state index is 10.4. The van der Waals surface area contributed by atoms with Gasteiger partial charge in [-0.15, -0.1) is 0 Å². The second-order valence-corrected chi connectivity index (χ2v) is 3.45. The molecule has 0 saturated heterocycles. The van der Waals surface area contributed by atoms with Crippen LogP contribution in [0.2, 0.25) is 0 Å². The summed E-state index contributed by atoms with van der Waals surface area (Å²) in [4.78, 5) is 10.4. The quantitative estimate of drug-likeness (QED) is 0.617. The molecule has 0 aromatic heterocycles. The van der Waals surface area contributed by atoms with E-state index in [-0.39, 0.29) is 18.0 Å². The number of nitrogens with two attached hydrogens (primary N) is 1. The van der Waals surface area contributed by atoms with E-state index in [9.17, 15) is 4.79 Å². The third-order valence-corrected chi connectivity index (χ3v) is 1.62. The zero-order valence-electron chi connectivity index (χ0n) is 7.61. The molecule has 0 aliphatic carbocycles. The Balaban J connectivity index is 3.63. The summed E-state index contributed by atoms with van der Waals surface area (Å²) in [5.41, 5.74) is 5.03. The molecule has 0 spiro atoms. The highest BCUT2D eigenvalue weighted by atomic mass is 16.1. The van der Waals surface area contributed by atoms with Gasteiger partial charge in [-0.05, 0) is 20.3 Å². The highest BCUT2D eigenvalue weighted by molar-refractivity contribution is 5.75. The van der Waals surface area contributed by atoms with Crippen molar-refractivity contribution in [1.29, 1.82) is 0 Å². The van der Waals surface area contributed by atoms with Crippen molar-refractivity contribution in [1.82, 2.24) is 5.32 Å². The number of rotatable bonds is 5. The standard InChI is InChI=1S/C8H18N2O/c1-4-5-8(2,3)10-6-7(9)11/h10H,4-6H2,1-3H3,(H2,9,11). The average molecular weight is 158 g/mol. The minimum atomic E-state index is -0.297. The van der Waals surface area contributed by atoms with Crippen LogP contribution in [0.25, 0.3) is 0 Å². The van der Waals surface area contributed by atoms with Crippen LogP contribution in [0.15, 0.2) is 0 Å². The largest absolute Gasteiger partial charge is 0.369 e. The first-order valence-electron chi connectivity index (χ1n) is 4.01. The van der Waals surface area contributed by atoms with Gasteiger partial charge in [0.1, 0.15) is 0 Å². The minimum absolute atomic E-state index is 0.0315. The van der Waals surface area contributed by atoms with Gasteiger partial charge >= 0.3 is 0 Å². The molecule has 0 aliphatic heterocycles. The maximum Gasteiger partial charge on any atom is 0.231 e. The van der Waals surface area contributed by atoms with Gasteiger partial charge in [-0.25, -0.2) is 0 Å². The van der Waals surface area contributed by atoms with Crippen LogP contribution in [-0.4, -0.2) is 18.0 Å². The van der Waals surface area contributed by atoms with E-state index < -0.39 is 0 Å². The van der Waals surface area contributed by atoms with Crippen LogP contribution in [0.4, 0.5) is 0 Å². The molecule has 0 aromatic carbocycles. The Morgan fingerprint density at radius 1 is 1.55 bits per heavy atom. The van der Waals surface area contributed by atoms with Crippen molar-refractivity contribution < 1.29 is 4.79 Å². The summed E-state index contributed by atoms with van der Waals surface area (Å²) < 4.78 is 0. The van der Waals surface area contributed by atoms with Crippen molar-refractivity contribution in [2.75, 3.05) is 6.54 Å². The Morgan fingerprint density at radius 2 is 2.09 bits per heavy atom. The first-order valence-corrected chi connectivity index (χ1v) is 4.01. The van der Waals surface area contributed by atoms with Crippen LogP contribution in [0.3, 0.4) is 0 Å². The fourth-order valence-electron chi connectivity index (χ4n) is 1.04. The normalized spacial score (nSPS) is 11.5. The van der Waals surface area contributed by atoms with Crippen LogP contribution < -0.4 is 11.1 Å². The van der Waals surface area contributed by atoms with Crippen molar-refractivity contribution in [3.05, 3.63) is 0 Å². The molecule has 66 valence electrons. The molecule has 3 heteroatoms. The van der Waals surface area contributed by atoms with Crippen LogP contribution in [0, 0.1) is 0 Å². The summed E-state index contributed by atoms with van der Waals surface area (Å²) in [6.45, 7) is 6.53. The fourth-order valence-corrected chi connectivity index (χ4v) is 1.04. The summed E-state index contributed by atoms with van der Waals surface area (Å²) >= 11 is 0. The number of carbonyl (C=O) groups excluding carboxylic acids is 1.